The minimum absolute atomic E-state index is 0.0306. The van der Waals surface area contributed by atoms with Crippen molar-refractivity contribution in [3.8, 4) is 11.5 Å². The molecule has 7 heteroatoms. The summed E-state index contributed by atoms with van der Waals surface area (Å²) in [6, 6.07) is 2.79. The van der Waals surface area contributed by atoms with E-state index in [2.05, 4.69) is 4.74 Å². The van der Waals surface area contributed by atoms with Crippen molar-refractivity contribution in [2.24, 2.45) is 0 Å². The number of aromatic hydroxyl groups is 1. The molecule has 0 saturated carbocycles. The third-order valence-electron chi connectivity index (χ3n) is 1.40. The number of rotatable bonds is 3. The van der Waals surface area contributed by atoms with Crippen LogP contribution < -0.4 is 4.74 Å². The number of hydrogen-bond donors (Lipinski definition) is 2. The van der Waals surface area contributed by atoms with Gasteiger partial charge in [0.2, 0.25) is 0 Å². The van der Waals surface area contributed by atoms with Crippen LogP contribution in [0.3, 0.4) is 0 Å². The Morgan fingerprint density at radius 3 is 2.50 bits per heavy atom. The number of hydrogen-bond acceptors (Lipinski definition) is 5. The molecule has 0 unspecified atom stereocenters. The second-order valence-electron chi connectivity index (χ2n) is 2.32. The molecule has 14 heavy (non-hydrogen) atoms. The first kappa shape index (κ1) is 10.5. The fourth-order valence-corrected chi connectivity index (χ4v) is 1.30. The van der Waals surface area contributed by atoms with Crippen LogP contribution in [0.4, 0.5) is 0 Å². The van der Waals surface area contributed by atoms with E-state index in [-0.39, 0.29) is 12.2 Å². The maximum atomic E-state index is 10.6. The molecule has 0 radical (unpaired) electrons. The zero-order valence-electron chi connectivity index (χ0n) is 6.75. The van der Waals surface area contributed by atoms with Crippen LogP contribution in [0.2, 0.25) is 0 Å². The third-order valence-corrected chi connectivity index (χ3v) is 2.25. The lowest BCUT2D eigenvalue weighted by Gasteiger charge is -2.02. The summed E-state index contributed by atoms with van der Waals surface area (Å²) in [5.41, 5.74) is 0. The van der Waals surface area contributed by atoms with E-state index in [0.29, 0.717) is 0 Å². The molecule has 76 valence electrons. The zero-order valence-corrected chi connectivity index (χ0v) is 7.56. The third kappa shape index (κ3) is 2.21. The molecule has 6 nitrogen and oxygen atoms in total. The molecule has 2 N–H and O–H groups in total. The van der Waals surface area contributed by atoms with Crippen molar-refractivity contribution in [2.75, 3.05) is 0 Å². The van der Waals surface area contributed by atoms with Crippen molar-refractivity contribution in [2.45, 2.75) is 4.90 Å². The molecule has 1 aromatic rings. The van der Waals surface area contributed by atoms with Crippen LogP contribution in [0.1, 0.15) is 0 Å². The van der Waals surface area contributed by atoms with Crippen molar-refractivity contribution in [1.82, 2.24) is 0 Å². The Labute approximate surface area is 79.5 Å². The lowest BCUT2D eigenvalue weighted by atomic mass is 10.3. The molecule has 0 heterocycles. The molecule has 0 saturated heterocycles. The highest BCUT2D eigenvalue weighted by atomic mass is 32.2. The minimum Gasteiger partial charge on any atom is -0.504 e. The van der Waals surface area contributed by atoms with Crippen LogP contribution in [-0.4, -0.2) is 24.5 Å². The number of phenols is 1. The lowest BCUT2D eigenvalue weighted by Crippen LogP contribution is -1.99. The average molecular weight is 218 g/mol. The standard InChI is InChI=1S/C7H6O6S/c8-4-13-7-3-5(14(10,11)12)1-2-6(7)9/h1-4,9H,(H,10,11,12). The van der Waals surface area contributed by atoms with Gasteiger partial charge in [0.1, 0.15) is 0 Å². The molecule has 0 amide bonds. The van der Waals surface area contributed by atoms with Crippen LogP contribution in [0.25, 0.3) is 0 Å². The predicted molar refractivity (Wildman–Crippen MR) is 44.6 cm³/mol. The fraction of sp³-hybridized carbons (Fsp3) is 0. The summed E-state index contributed by atoms with van der Waals surface area (Å²) in [6.07, 6.45) is 0. The number of ether oxygens (including phenoxy) is 1. The van der Waals surface area contributed by atoms with Gasteiger partial charge in [-0.1, -0.05) is 0 Å². The van der Waals surface area contributed by atoms with Crippen molar-refractivity contribution in [3.63, 3.8) is 0 Å². The number of phenolic OH excluding ortho intramolecular Hbond substituents is 1. The zero-order chi connectivity index (χ0) is 10.8. The normalized spacial score (nSPS) is 10.9. The second kappa shape index (κ2) is 3.64. The van der Waals surface area contributed by atoms with E-state index in [1.165, 1.54) is 0 Å². The largest absolute Gasteiger partial charge is 0.504 e. The smallest absolute Gasteiger partial charge is 0.298 e. The quantitative estimate of drug-likeness (QED) is 0.554. The highest BCUT2D eigenvalue weighted by Gasteiger charge is 2.13. The van der Waals surface area contributed by atoms with Gasteiger partial charge in [-0.15, -0.1) is 0 Å². The summed E-state index contributed by atoms with van der Waals surface area (Å²) in [5.74, 6) is -0.736. The molecule has 0 fully saturated rings. The topological polar surface area (TPSA) is 101 Å². The van der Waals surface area contributed by atoms with Gasteiger partial charge < -0.3 is 9.84 Å². The maximum absolute atomic E-state index is 10.6. The van der Waals surface area contributed by atoms with Gasteiger partial charge in [0.15, 0.2) is 11.5 Å². The van der Waals surface area contributed by atoms with Crippen LogP contribution in [0.5, 0.6) is 11.5 Å². The fourth-order valence-electron chi connectivity index (χ4n) is 0.801. The summed E-state index contributed by atoms with van der Waals surface area (Å²) < 4.78 is 34.1. The SMILES string of the molecule is O=COc1cc(S(=O)(=O)O)ccc1O. The highest BCUT2D eigenvalue weighted by Crippen LogP contribution is 2.27. The van der Waals surface area contributed by atoms with Gasteiger partial charge >= 0.3 is 0 Å². The highest BCUT2D eigenvalue weighted by molar-refractivity contribution is 7.85. The van der Waals surface area contributed by atoms with E-state index < -0.39 is 20.8 Å². The average Bonchev–Trinajstić information content (AvgIpc) is 2.07. The molecule has 0 aliphatic heterocycles. The minimum atomic E-state index is -4.37. The number of carbonyl (C=O) groups is 1. The van der Waals surface area contributed by atoms with Crippen molar-refractivity contribution in [1.29, 1.82) is 0 Å². The first-order valence-electron chi connectivity index (χ1n) is 3.36. The van der Waals surface area contributed by atoms with Crippen molar-refractivity contribution in [3.05, 3.63) is 18.2 Å². The number of carbonyl (C=O) groups excluding carboxylic acids is 1. The van der Waals surface area contributed by atoms with E-state index >= 15 is 0 Å². The molecule has 0 aromatic heterocycles. The van der Waals surface area contributed by atoms with E-state index in [9.17, 15) is 13.2 Å². The Kier molecular flexibility index (Phi) is 2.73. The van der Waals surface area contributed by atoms with Gasteiger partial charge in [0.05, 0.1) is 4.90 Å². The first-order valence-corrected chi connectivity index (χ1v) is 4.80. The van der Waals surface area contributed by atoms with E-state index in [1.807, 2.05) is 0 Å². The second-order valence-corrected chi connectivity index (χ2v) is 3.74. The summed E-state index contributed by atoms with van der Waals surface area (Å²) in [4.78, 5) is 9.48. The molecular weight excluding hydrogens is 212 g/mol. The summed E-state index contributed by atoms with van der Waals surface area (Å²) >= 11 is 0. The van der Waals surface area contributed by atoms with Crippen molar-refractivity contribution < 1.29 is 27.6 Å². The molecule has 0 aliphatic carbocycles. The molecule has 0 atom stereocenters. The van der Waals surface area contributed by atoms with Gasteiger partial charge in [0, 0.05) is 6.07 Å². The Bertz CT molecular complexity index is 449. The van der Waals surface area contributed by atoms with Gasteiger partial charge in [-0.3, -0.25) is 9.35 Å². The Balaban J connectivity index is 3.26. The number of benzene rings is 1. The van der Waals surface area contributed by atoms with E-state index in [1.54, 1.807) is 0 Å². The molecule has 0 spiro atoms. The van der Waals surface area contributed by atoms with Crippen LogP contribution in [0, 0.1) is 0 Å². The maximum Gasteiger partial charge on any atom is 0.298 e. The van der Waals surface area contributed by atoms with E-state index in [4.69, 9.17) is 9.66 Å². The van der Waals surface area contributed by atoms with Crippen LogP contribution in [0.15, 0.2) is 23.1 Å². The molecule has 0 aliphatic rings. The van der Waals surface area contributed by atoms with Crippen LogP contribution in [-0.2, 0) is 14.9 Å². The monoisotopic (exact) mass is 218 g/mol. The Morgan fingerprint density at radius 2 is 2.00 bits per heavy atom. The molecular formula is C7H6O6S. The van der Waals surface area contributed by atoms with Gasteiger partial charge in [-0.2, -0.15) is 8.42 Å². The molecule has 1 rings (SSSR count). The van der Waals surface area contributed by atoms with Crippen LogP contribution >= 0.6 is 0 Å². The van der Waals surface area contributed by atoms with E-state index in [0.717, 1.165) is 18.2 Å². The van der Waals surface area contributed by atoms with Gasteiger partial charge in [-0.25, -0.2) is 0 Å². The summed E-state index contributed by atoms with van der Waals surface area (Å²) in [5, 5.41) is 9.07. The van der Waals surface area contributed by atoms with Gasteiger partial charge in [0.25, 0.3) is 16.6 Å². The molecule has 1 aromatic carbocycles. The van der Waals surface area contributed by atoms with Crippen molar-refractivity contribution >= 4 is 16.6 Å². The predicted octanol–water partition coefficient (Wildman–Crippen LogP) is 0.174. The lowest BCUT2D eigenvalue weighted by molar-refractivity contribution is -0.120. The first-order chi connectivity index (χ1) is 6.45. The summed E-state index contributed by atoms with van der Waals surface area (Å²) in [7, 11) is -4.37. The Hall–Kier alpha value is -1.60. The Morgan fingerprint density at radius 1 is 1.36 bits per heavy atom. The molecule has 0 bridgehead atoms. The van der Waals surface area contributed by atoms with Gasteiger partial charge in [-0.05, 0) is 12.1 Å². The summed E-state index contributed by atoms with van der Waals surface area (Å²) in [6.45, 7) is 0.0306.